The van der Waals surface area contributed by atoms with Crippen LogP contribution < -0.4 is 20.0 Å². The van der Waals surface area contributed by atoms with Gasteiger partial charge in [-0.05, 0) is 21.7 Å². The largest absolute Gasteiger partial charge is 2.00 e. The van der Waals surface area contributed by atoms with E-state index >= 15 is 0 Å². The van der Waals surface area contributed by atoms with Gasteiger partial charge in [-0.2, -0.15) is 0 Å². The molecule has 0 aromatic heterocycles. The molecule has 0 aliphatic rings. The van der Waals surface area contributed by atoms with Crippen LogP contribution in [0.25, 0.3) is 0 Å². The third kappa shape index (κ3) is 14.3. The minimum Gasteiger partial charge on any atom is -0.872 e. The molecule has 0 fully saturated rings. The Morgan fingerprint density at radius 2 is 0.641 bits per heavy atom. The molecule has 0 saturated heterocycles. The van der Waals surface area contributed by atoms with Crippen molar-refractivity contribution in [1.82, 2.24) is 0 Å². The van der Waals surface area contributed by atoms with Gasteiger partial charge >= 0.3 is 23.1 Å². The van der Waals surface area contributed by atoms with Gasteiger partial charge in [0.2, 0.25) is 0 Å². The summed E-state index contributed by atoms with van der Waals surface area (Å²) in [7, 11) is 8.73. The fraction of sp³-hybridized carbons (Fsp3) is 0.647. The van der Waals surface area contributed by atoms with Crippen LogP contribution in [0.15, 0.2) is 36.4 Å². The molecule has 0 unspecified atom stereocenters. The number of likely N-dealkylation sites (N-methyl/N-ethyl adjacent to an activating group) is 2. The molecule has 2 rings (SSSR count). The summed E-state index contributed by atoms with van der Waals surface area (Å²) in [6.45, 7) is 27.5. The Balaban J connectivity index is 0. The molecular weight excluding hydrogens is 493 g/mol. The molecule has 5 heteroatoms. The van der Waals surface area contributed by atoms with Crippen molar-refractivity contribution < 1.29 is 20.0 Å². The van der Waals surface area contributed by atoms with E-state index in [0.717, 1.165) is 22.3 Å². The van der Waals surface area contributed by atoms with Crippen molar-refractivity contribution in [2.75, 3.05) is 41.3 Å². The predicted molar refractivity (Wildman–Crippen MR) is 168 cm³/mol. The van der Waals surface area contributed by atoms with Crippen molar-refractivity contribution in [3.05, 3.63) is 58.7 Å². The molecule has 0 aliphatic heterocycles. The van der Waals surface area contributed by atoms with Crippen molar-refractivity contribution in [3.63, 3.8) is 0 Å². The summed E-state index contributed by atoms with van der Waals surface area (Å²) in [5.41, 5.74) is 3.36. The molecule has 2 N–H and O–H groups in total. The minimum absolute atomic E-state index is 0. The zero-order chi connectivity index (χ0) is 30.3. The molecule has 0 bridgehead atoms. The van der Waals surface area contributed by atoms with E-state index in [1.807, 2.05) is 36.4 Å². The summed E-state index contributed by atoms with van der Waals surface area (Å²) in [5, 5.41) is 24.5. The number of quaternary nitrogens is 2. The Bertz CT molecular complexity index is 840. The van der Waals surface area contributed by atoms with E-state index < -0.39 is 0 Å². The Kier molecular flexibility index (Phi) is 16.0. The van der Waals surface area contributed by atoms with Crippen LogP contribution in [-0.4, -0.2) is 64.3 Å². The number of hydrogen-bond acceptors (Lipinski definition) is 2. The average molecular weight is 553 g/mol. The number of para-hydroxylation sites is 2. The first kappa shape index (κ1) is 39.9. The number of rotatable bonds is 3. The van der Waals surface area contributed by atoms with Crippen LogP contribution in [0.3, 0.4) is 0 Å². The molecule has 0 aliphatic carbocycles. The number of nitrogens with one attached hydrogen (secondary N) is 2. The zero-order valence-corrected chi connectivity index (χ0v) is 29.8. The van der Waals surface area contributed by atoms with E-state index in [2.05, 4.69) is 111 Å². The summed E-state index contributed by atoms with van der Waals surface area (Å²) in [6, 6.07) is 11.7. The molecule has 0 heterocycles. The first-order valence-electron chi connectivity index (χ1n) is 14.1. The molecule has 0 spiro atoms. The Morgan fingerprint density at radius 3 is 0.769 bits per heavy atom. The van der Waals surface area contributed by atoms with Crippen LogP contribution in [-0.2, 0) is 21.7 Å². The standard InChI is InChI=1S/2C14H22O.C6H16N2.Mg/c2*1-13(2,3)10-8-7-9-11(12(10)15)14(4,5)6;1-7(2)5-6-8(3)4;/h2*7-9,15H,1-6H3;5-6H2,1-4H3;/q;;;+2. The van der Waals surface area contributed by atoms with Crippen LogP contribution in [0, 0.1) is 0 Å². The average Bonchev–Trinajstić information content (AvgIpc) is 2.70. The van der Waals surface area contributed by atoms with Gasteiger partial charge in [-0.3, -0.25) is 0 Å². The molecule has 218 valence electrons. The van der Waals surface area contributed by atoms with E-state index in [4.69, 9.17) is 0 Å². The smallest absolute Gasteiger partial charge is 0.872 e. The minimum atomic E-state index is -0.0711. The fourth-order valence-corrected chi connectivity index (χ4v) is 3.94. The first-order valence-corrected chi connectivity index (χ1v) is 14.1. The molecule has 0 radical (unpaired) electrons. The Hall–Kier alpha value is -1.27. The van der Waals surface area contributed by atoms with Crippen LogP contribution in [0.5, 0.6) is 11.5 Å². The van der Waals surface area contributed by atoms with Gasteiger partial charge in [-0.15, -0.1) is 11.5 Å². The van der Waals surface area contributed by atoms with E-state index in [9.17, 15) is 10.2 Å². The van der Waals surface area contributed by atoms with E-state index in [1.54, 1.807) is 0 Å². The topological polar surface area (TPSA) is 55.0 Å². The zero-order valence-electron chi connectivity index (χ0n) is 28.4. The van der Waals surface area contributed by atoms with Crippen molar-refractivity contribution >= 4 is 23.1 Å². The van der Waals surface area contributed by atoms with Gasteiger partial charge in [0, 0.05) is 0 Å². The van der Waals surface area contributed by atoms with E-state index in [1.165, 1.54) is 22.9 Å². The normalized spacial score (nSPS) is 12.3. The van der Waals surface area contributed by atoms with Crippen LogP contribution in [0.1, 0.15) is 105 Å². The monoisotopic (exact) mass is 552 g/mol. The van der Waals surface area contributed by atoms with Crippen LogP contribution in [0.2, 0.25) is 0 Å². The maximum absolute atomic E-state index is 12.3. The molecule has 4 nitrogen and oxygen atoms in total. The Labute approximate surface area is 258 Å². The molecule has 0 atom stereocenters. The quantitative estimate of drug-likeness (QED) is 0.572. The van der Waals surface area contributed by atoms with Crippen molar-refractivity contribution in [2.45, 2.75) is 105 Å². The maximum Gasteiger partial charge on any atom is 2.00 e. The second-order valence-corrected chi connectivity index (χ2v) is 15.3. The second kappa shape index (κ2) is 15.7. The molecule has 2 aromatic carbocycles. The summed E-state index contributed by atoms with van der Waals surface area (Å²) in [5.74, 6) is 0.412. The van der Waals surface area contributed by atoms with E-state index in [-0.39, 0.29) is 56.2 Å². The SMILES string of the molecule is CC(C)(C)c1cccc(C(C)(C)C)c1[O-].CC(C)(C)c1cccc(C(C)(C)C)c1[O-].C[NH+](C)CC[NH+](C)C.[Mg+2]. The molecule has 2 aromatic rings. The summed E-state index contributed by atoms with van der Waals surface area (Å²) in [6.07, 6.45) is 0. The summed E-state index contributed by atoms with van der Waals surface area (Å²) in [4.78, 5) is 3.07. The van der Waals surface area contributed by atoms with Crippen LogP contribution >= 0.6 is 0 Å². The van der Waals surface area contributed by atoms with E-state index in [0.29, 0.717) is 0 Å². The van der Waals surface area contributed by atoms with Gasteiger partial charge in [0.1, 0.15) is 13.1 Å². The van der Waals surface area contributed by atoms with Gasteiger partial charge in [-0.1, -0.05) is 142 Å². The number of hydrogen-bond donors (Lipinski definition) is 2. The van der Waals surface area contributed by atoms with Gasteiger partial charge in [0.05, 0.1) is 28.2 Å². The van der Waals surface area contributed by atoms with Crippen molar-refractivity contribution in [3.8, 4) is 11.5 Å². The first-order chi connectivity index (χ1) is 16.9. The van der Waals surface area contributed by atoms with Crippen LogP contribution in [0.4, 0.5) is 0 Å². The third-order valence-electron chi connectivity index (χ3n) is 6.39. The van der Waals surface area contributed by atoms with Crippen molar-refractivity contribution in [1.29, 1.82) is 0 Å². The molecule has 0 amide bonds. The van der Waals surface area contributed by atoms with Gasteiger partial charge in [-0.25, -0.2) is 0 Å². The number of benzene rings is 2. The summed E-state index contributed by atoms with van der Waals surface area (Å²) >= 11 is 0. The Morgan fingerprint density at radius 1 is 0.462 bits per heavy atom. The molecule has 0 saturated carbocycles. The third-order valence-corrected chi connectivity index (χ3v) is 6.39. The fourth-order valence-electron chi connectivity index (χ4n) is 3.94. The second-order valence-electron chi connectivity index (χ2n) is 15.3. The van der Waals surface area contributed by atoms with Gasteiger partial charge < -0.3 is 20.0 Å². The predicted octanol–water partition coefficient (Wildman–Crippen LogP) is 3.61. The maximum atomic E-state index is 12.3. The van der Waals surface area contributed by atoms with Gasteiger partial charge in [0.15, 0.2) is 0 Å². The molecule has 39 heavy (non-hydrogen) atoms. The van der Waals surface area contributed by atoms with Gasteiger partial charge in [0.25, 0.3) is 0 Å². The molecular formula is C34H60MgN2O2+2. The summed E-state index contributed by atoms with van der Waals surface area (Å²) < 4.78 is 0. The van der Waals surface area contributed by atoms with Crippen molar-refractivity contribution in [2.24, 2.45) is 0 Å².